The fraction of sp³-hybridized carbons (Fsp3) is 0.120. The van der Waals surface area contributed by atoms with Crippen molar-refractivity contribution >= 4 is 45.8 Å². The van der Waals surface area contributed by atoms with Gasteiger partial charge in [-0.25, -0.2) is 0 Å². The van der Waals surface area contributed by atoms with Gasteiger partial charge in [0.05, 0.1) is 23.2 Å². The lowest BCUT2D eigenvalue weighted by atomic mass is 10.1. The molecule has 33 heavy (non-hydrogen) atoms. The Balaban J connectivity index is 1.56. The second kappa shape index (κ2) is 8.84. The van der Waals surface area contributed by atoms with Gasteiger partial charge in [0.25, 0.3) is 5.56 Å². The van der Waals surface area contributed by atoms with Crippen LogP contribution in [0.25, 0.3) is 16.7 Å². The quantitative estimate of drug-likeness (QED) is 0.255. The maximum atomic E-state index is 13.3. The van der Waals surface area contributed by atoms with Gasteiger partial charge in [-0.1, -0.05) is 65.3 Å². The van der Waals surface area contributed by atoms with E-state index in [0.717, 1.165) is 11.1 Å². The van der Waals surface area contributed by atoms with Crippen LogP contribution in [0.4, 0.5) is 0 Å². The first-order valence-electron chi connectivity index (χ1n) is 10.3. The summed E-state index contributed by atoms with van der Waals surface area (Å²) in [4.78, 5) is 26.0. The average molecular weight is 475 g/mol. The fourth-order valence-corrected chi connectivity index (χ4v) is 4.66. The lowest BCUT2D eigenvalue weighted by Crippen LogP contribution is -2.24. The summed E-state index contributed by atoms with van der Waals surface area (Å²) >= 11 is 7.22. The first-order chi connectivity index (χ1) is 16.0. The summed E-state index contributed by atoms with van der Waals surface area (Å²) in [6.45, 7) is 2.40. The first-order valence-corrected chi connectivity index (χ1v) is 11.7. The van der Waals surface area contributed by atoms with Crippen molar-refractivity contribution in [2.24, 2.45) is 0 Å². The molecular formula is C25H19ClN4O2S. The summed E-state index contributed by atoms with van der Waals surface area (Å²) in [5.41, 5.74) is 3.32. The molecule has 0 N–H and O–H groups in total. The second-order valence-electron chi connectivity index (χ2n) is 7.73. The molecule has 0 unspecified atom stereocenters. The van der Waals surface area contributed by atoms with Gasteiger partial charge in [-0.15, -0.1) is 10.2 Å². The molecule has 0 saturated heterocycles. The highest BCUT2D eigenvalue weighted by Crippen LogP contribution is 2.23. The van der Waals surface area contributed by atoms with Gasteiger partial charge in [0.15, 0.2) is 10.9 Å². The first kappa shape index (κ1) is 21.4. The minimum Gasteiger partial charge on any atom is -0.293 e. The van der Waals surface area contributed by atoms with E-state index in [1.165, 1.54) is 11.8 Å². The number of hydrogen-bond acceptors (Lipinski definition) is 5. The van der Waals surface area contributed by atoms with Gasteiger partial charge < -0.3 is 0 Å². The van der Waals surface area contributed by atoms with Crippen LogP contribution in [-0.2, 0) is 6.54 Å². The fourth-order valence-electron chi connectivity index (χ4n) is 3.69. The molecule has 2 heterocycles. The van der Waals surface area contributed by atoms with Crippen molar-refractivity contribution in [2.75, 3.05) is 5.75 Å². The Kier molecular flexibility index (Phi) is 5.74. The van der Waals surface area contributed by atoms with Crippen molar-refractivity contribution in [1.29, 1.82) is 0 Å². The third-order valence-electron chi connectivity index (χ3n) is 5.44. The Labute approximate surface area is 198 Å². The molecule has 0 saturated carbocycles. The minimum absolute atomic E-state index is 0.0364. The van der Waals surface area contributed by atoms with E-state index in [1.807, 2.05) is 53.8 Å². The summed E-state index contributed by atoms with van der Waals surface area (Å²) in [6, 6.07) is 22.2. The van der Waals surface area contributed by atoms with Gasteiger partial charge in [-0.3, -0.25) is 18.6 Å². The molecule has 0 radical (unpaired) electrons. The number of aryl methyl sites for hydroxylation is 1. The molecule has 0 atom stereocenters. The molecule has 5 aromatic rings. The van der Waals surface area contributed by atoms with Crippen LogP contribution in [0.2, 0.25) is 5.02 Å². The predicted octanol–water partition coefficient (Wildman–Crippen LogP) is 5.03. The molecular weight excluding hydrogens is 456 g/mol. The van der Waals surface area contributed by atoms with Crippen LogP contribution in [0.5, 0.6) is 0 Å². The minimum atomic E-state index is -0.125. The lowest BCUT2D eigenvalue weighted by molar-refractivity contribution is 0.102. The van der Waals surface area contributed by atoms with E-state index in [1.54, 1.807) is 34.9 Å². The van der Waals surface area contributed by atoms with Crippen LogP contribution < -0.4 is 5.56 Å². The van der Waals surface area contributed by atoms with E-state index < -0.39 is 0 Å². The van der Waals surface area contributed by atoms with Gasteiger partial charge in [-0.05, 0) is 48.9 Å². The van der Waals surface area contributed by atoms with Gasteiger partial charge in [0.1, 0.15) is 0 Å². The summed E-state index contributed by atoms with van der Waals surface area (Å²) in [5, 5.41) is 10.4. The smallest absolute Gasteiger partial charge is 0.263 e. The number of carbonyl (C=O) groups excluding carboxylic acids is 1. The Morgan fingerprint density at radius 1 is 0.970 bits per heavy atom. The number of halogens is 1. The van der Waals surface area contributed by atoms with Crippen LogP contribution >= 0.6 is 23.4 Å². The number of fused-ring (bicyclic) bond motifs is 3. The molecule has 3 aromatic carbocycles. The molecule has 6 nitrogen and oxygen atoms in total. The van der Waals surface area contributed by atoms with Crippen molar-refractivity contribution < 1.29 is 4.79 Å². The van der Waals surface area contributed by atoms with Crippen molar-refractivity contribution in [3.63, 3.8) is 0 Å². The van der Waals surface area contributed by atoms with Gasteiger partial charge in [0, 0.05) is 10.6 Å². The molecule has 0 aliphatic heterocycles. The average Bonchev–Trinajstić information content (AvgIpc) is 3.26. The van der Waals surface area contributed by atoms with Gasteiger partial charge >= 0.3 is 0 Å². The van der Waals surface area contributed by atoms with Crippen molar-refractivity contribution in [3.05, 3.63) is 105 Å². The Morgan fingerprint density at radius 2 is 1.70 bits per heavy atom. The molecule has 0 aliphatic carbocycles. The van der Waals surface area contributed by atoms with E-state index in [2.05, 4.69) is 10.2 Å². The van der Waals surface area contributed by atoms with Crippen molar-refractivity contribution in [1.82, 2.24) is 19.2 Å². The summed E-state index contributed by atoms with van der Waals surface area (Å²) < 4.78 is 3.48. The highest BCUT2D eigenvalue weighted by atomic mass is 35.5. The maximum absolute atomic E-state index is 13.3. The molecule has 0 bridgehead atoms. The summed E-state index contributed by atoms with van der Waals surface area (Å²) in [7, 11) is 0. The number of benzene rings is 3. The third kappa shape index (κ3) is 4.17. The Morgan fingerprint density at radius 3 is 2.45 bits per heavy atom. The van der Waals surface area contributed by atoms with E-state index in [0.29, 0.717) is 39.0 Å². The molecule has 164 valence electrons. The van der Waals surface area contributed by atoms with Crippen molar-refractivity contribution in [2.45, 2.75) is 18.6 Å². The SMILES string of the molecule is Cc1ccc(Cn2c(=O)c3ccccc3n3c(SCC(=O)c4ccc(Cl)cc4)nnc23)cc1. The maximum Gasteiger partial charge on any atom is 0.263 e. The monoisotopic (exact) mass is 474 g/mol. The number of Topliss-reactive ketones (excluding diaryl/α,β-unsaturated/α-hetero) is 1. The van der Waals surface area contributed by atoms with E-state index in [-0.39, 0.29) is 17.1 Å². The number of thioether (sulfide) groups is 1. The van der Waals surface area contributed by atoms with Gasteiger partial charge in [-0.2, -0.15) is 0 Å². The van der Waals surface area contributed by atoms with Crippen LogP contribution in [-0.4, -0.2) is 30.7 Å². The topological polar surface area (TPSA) is 69.3 Å². The number of ketones is 1. The zero-order valence-electron chi connectivity index (χ0n) is 17.7. The Bertz CT molecular complexity index is 1540. The summed E-state index contributed by atoms with van der Waals surface area (Å²) in [5.74, 6) is 0.597. The van der Waals surface area contributed by atoms with Crippen molar-refractivity contribution in [3.8, 4) is 0 Å². The number of rotatable bonds is 6. The zero-order valence-corrected chi connectivity index (χ0v) is 19.3. The highest BCUT2D eigenvalue weighted by Gasteiger charge is 2.18. The summed E-state index contributed by atoms with van der Waals surface area (Å²) in [6.07, 6.45) is 0. The number of nitrogens with zero attached hydrogens (tertiary/aromatic N) is 4. The van der Waals surface area contributed by atoms with Crippen LogP contribution in [0.15, 0.2) is 82.7 Å². The van der Waals surface area contributed by atoms with Gasteiger partial charge in [0.2, 0.25) is 5.78 Å². The molecule has 0 fully saturated rings. The normalized spacial score (nSPS) is 11.3. The number of carbonyl (C=O) groups is 1. The lowest BCUT2D eigenvalue weighted by Gasteiger charge is -2.11. The molecule has 0 amide bonds. The largest absolute Gasteiger partial charge is 0.293 e. The van der Waals surface area contributed by atoms with E-state index in [4.69, 9.17) is 11.6 Å². The molecule has 0 aliphatic rings. The zero-order chi connectivity index (χ0) is 22.9. The third-order valence-corrected chi connectivity index (χ3v) is 6.62. The van der Waals surface area contributed by atoms with E-state index in [9.17, 15) is 9.59 Å². The van der Waals surface area contributed by atoms with Crippen LogP contribution in [0, 0.1) is 6.92 Å². The van der Waals surface area contributed by atoms with Crippen LogP contribution in [0.3, 0.4) is 0 Å². The number of aromatic nitrogens is 4. The van der Waals surface area contributed by atoms with E-state index >= 15 is 0 Å². The standard InChI is InChI=1S/C25H19ClN4O2S/c1-16-6-8-17(9-7-16)14-29-23(32)20-4-2-3-5-21(20)30-24(29)27-28-25(30)33-15-22(31)18-10-12-19(26)13-11-18/h2-13H,14-15H2,1H3. The molecule has 5 rings (SSSR count). The number of hydrogen-bond donors (Lipinski definition) is 0. The molecule has 8 heteroatoms. The molecule has 0 spiro atoms. The Hall–Kier alpha value is -3.42. The highest BCUT2D eigenvalue weighted by molar-refractivity contribution is 7.99. The number of para-hydroxylation sites is 1. The second-order valence-corrected chi connectivity index (χ2v) is 9.11. The predicted molar refractivity (Wildman–Crippen MR) is 132 cm³/mol. The van der Waals surface area contributed by atoms with Crippen LogP contribution in [0.1, 0.15) is 21.5 Å². The molecule has 2 aromatic heterocycles.